The van der Waals surface area contributed by atoms with Crippen LogP contribution in [0, 0.1) is 0 Å². The Morgan fingerprint density at radius 3 is 1.42 bits per heavy atom. The zero-order valence-electron chi connectivity index (χ0n) is 34.7. The first-order chi connectivity index (χ1) is 29.3. The Morgan fingerprint density at radius 1 is 0.327 bits per heavy atom. The van der Waals surface area contributed by atoms with Crippen LogP contribution in [0.5, 0.6) is 0 Å². The molecule has 0 radical (unpaired) electrons. The van der Waals surface area contributed by atoms with E-state index in [0.717, 1.165) is 61.4 Å². The van der Waals surface area contributed by atoms with Crippen molar-refractivity contribution < 1.29 is 6.85 Å². The second-order valence-corrected chi connectivity index (χ2v) is 13.9. The van der Waals surface area contributed by atoms with Gasteiger partial charge in [-0.05, 0) is 119 Å². The standard InChI is InChI=1S/C52H35N3/c1-2-19-41(20-3-1)53-42-21-8-15-37(31-42)39-17-10-23-44(33-39)54(45-24-11-18-40(34-45)38-16-9-22-43(53)32-38)46-29-30-52-49(35-46)48-26-6-7-27-51(48)55(52)50-28-12-14-36-13-4-5-25-47(36)50/h1-35H/i1D,2D,3D,19D,20D. The molecule has 0 unspecified atom stereocenters. The van der Waals surface area contributed by atoms with Crippen LogP contribution in [-0.4, -0.2) is 4.57 Å². The van der Waals surface area contributed by atoms with Gasteiger partial charge in [0, 0.05) is 50.3 Å². The van der Waals surface area contributed by atoms with Crippen LogP contribution in [0.25, 0.3) is 60.5 Å². The van der Waals surface area contributed by atoms with Crippen LogP contribution < -0.4 is 9.80 Å². The van der Waals surface area contributed by atoms with Gasteiger partial charge in [0.2, 0.25) is 0 Å². The number of rotatable bonds is 3. The number of anilines is 6. The summed E-state index contributed by atoms with van der Waals surface area (Å²) in [5, 5.41) is 4.71. The Morgan fingerprint density at radius 2 is 0.800 bits per heavy atom. The van der Waals surface area contributed by atoms with Gasteiger partial charge in [-0.3, -0.25) is 0 Å². The van der Waals surface area contributed by atoms with Gasteiger partial charge in [-0.25, -0.2) is 0 Å². The van der Waals surface area contributed by atoms with Crippen molar-refractivity contribution in [3.8, 4) is 27.9 Å². The number of hydrogen-bond donors (Lipinski definition) is 0. The number of fused-ring (bicyclic) bond motifs is 14. The molecule has 0 amide bonds. The second-order valence-electron chi connectivity index (χ2n) is 13.9. The van der Waals surface area contributed by atoms with Gasteiger partial charge in [0.15, 0.2) is 0 Å². The molecule has 2 heterocycles. The van der Waals surface area contributed by atoms with Crippen molar-refractivity contribution >= 4 is 66.7 Å². The van der Waals surface area contributed by atoms with Crippen LogP contribution in [0.15, 0.2) is 212 Å². The smallest absolute Gasteiger partial charge is 0.0645 e. The molecule has 0 saturated carbocycles. The largest absolute Gasteiger partial charge is 0.310 e. The lowest BCUT2D eigenvalue weighted by molar-refractivity contribution is 1.20. The van der Waals surface area contributed by atoms with Crippen molar-refractivity contribution in [1.82, 2.24) is 4.57 Å². The van der Waals surface area contributed by atoms with Crippen molar-refractivity contribution in [2.45, 2.75) is 0 Å². The van der Waals surface area contributed by atoms with Crippen molar-refractivity contribution in [3.05, 3.63) is 212 Å². The first-order valence-corrected chi connectivity index (χ1v) is 18.4. The minimum atomic E-state index is -0.425. The van der Waals surface area contributed by atoms with Gasteiger partial charge >= 0.3 is 0 Å². The number of hydrogen-bond acceptors (Lipinski definition) is 2. The highest BCUT2D eigenvalue weighted by Crippen LogP contribution is 2.44. The third kappa shape index (κ3) is 5.20. The van der Waals surface area contributed by atoms with Crippen LogP contribution in [0.1, 0.15) is 6.85 Å². The van der Waals surface area contributed by atoms with Gasteiger partial charge in [0.1, 0.15) is 0 Å². The lowest BCUT2D eigenvalue weighted by Crippen LogP contribution is -2.11. The van der Waals surface area contributed by atoms with E-state index >= 15 is 0 Å². The SMILES string of the molecule is [2H]c1c([2H])c([2H])c(N2c3cccc(c3)-c3cccc(c3)N(c3ccc4c(c3)c3ccccc3n4-c3cccc4ccccc34)c3cccc(c3)-c3cccc2c3)c([2H])c1[2H]. The number of aromatic nitrogens is 1. The summed E-state index contributed by atoms with van der Waals surface area (Å²) in [7, 11) is 0. The molecule has 8 bridgehead atoms. The molecule has 0 atom stereocenters. The lowest BCUT2D eigenvalue weighted by atomic mass is 10.00. The zero-order valence-corrected chi connectivity index (χ0v) is 29.7. The summed E-state index contributed by atoms with van der Waals surface area (Å²) in [4.78, 5) is 4.10. The molecule has 1 aromatic heterocycles. The van der Waals surface area contributed by atoms with E-state index in [0.29, 0.717) is 11.4 Å². The summed E-state index contributed by atoms with van der Waals surface area (Å²) in [5.74, 6) is 0. The summed E-state index contributed by atoms with van der Waals surface area (Å²) in [6, 6.07) is 61.5. The van der Waals surface area contributed by atoms with Gasteiger partial charge < -0.3 is 14.4 Å². The highest BCUT2D eigenvalue weighted by Gasteiger charge is 2.21. The molecule has 9 aromatic carbocycles. The molecule has 10 aromatic rings. The molecule has 3 nitrogen and oxygen atoms in total. The minimum absolute atomic E-state index is 0.0910. The van der Waals surface area contributed by atoms with E-state index in [4.69, 9.17) is 6.85 Å². The maximum absolute atomic E-state index is 8.99. The molecule has 11 rings (SSSR count). The maximum atomic E-state index is 8.99. The molecule has 55 heavy (non-hydrogen) atoms. The van der Waals surface area contributed by atoms with Crippen LogP contribution in [0.3, 0.4) is 0 Å². The topological polar surface area (TPSA) is 11.4 Å². The molecule has 1 aliphatic heterocycles. The summed E-state index contributed by atoms with van der Waals surface area (Å²) in [5.41, 5.74) is 11.6. The van der Waals surface area contributed by atoms with Crippen LogP contribution >= 0.6 is 0 Å². The van der Waals surface area contributed by atoms with Gasteiger partial charge in [-0.15, -0.1) is 0 Å². The lowest BCUT2D eigenvalue weighted by Gasteiger charge is -2.28. The molecule has 0 saturated heterocycles. The van der Waals surface area contributed by atoms with Crippen molar-refractivity contribution in [3.63, 3.8) is 0 Å². The van der Waals surface area contributed by atoms with Crippen LogP contribution in [0.4, 0.5) is 34.1 Å². The predicted octanol–water partition coefficient (Wildman–Crippen LogP) is 14.5. The van der Waals surface area contributed by atoms with E-state index in [2.05, 4.69) is 143 Å². The third-order valence-electron chi connectivity index (χ3n) is 10.7. The zero-order chi connectivity index (χ0) is 40.6. The summed E-state index contributed by atoms with van der Waals surface area (Å²) >= 11 is 0. The van der Waals surface area contributed by atoms with Crippen LogP contribution in [-0.2, 0) is 0 Å². The molecule has 3 heteroatoms. The molecule has 0 spiro atoms. The molecule has 0 aliphatic carbocycles. The molecule has 0 fully saturated rings. The van der Waals surface area contributed by atoms with E-state index in [1.165, 1.54) is 16.2 Å². The number of para-hydroxylation sites is 2. The van der Waals surface area contributed by atoms with Crippen molar-refractivity contribution in [1.29, 1.82) is 0 Å². The van der Waals surface area contributed by atoms with Crippen molar-refractivity contribution in [2.24, 2.45) is 0 Å². The quantitative estimate of drug-likeness (QED) is 0.181. The molecule has 0 N–H and O–H groups in total. The highest BCUT2D eigenvalue weighted by atomic mass is 15.1. The predicted molar refractivity (Wildman–Crippen MR) is 232 cm³/mol. The first kappa shape index (κ1) is 26.4. The average Bonchev–Trinajstić information content (AvgIpc) is 3.62. The monoisotopic (exact) mass is 706 g/mol. The fourth-order valence-corrected chi connectivity index (χ4v) is 8.27. The normalized spacial score (nSPS) is 13.6. The number of benzene rings is 9. The molecule has 1 aliphatic rings. The number of nitrogens with zero attached hydrogens (tertiary/aromatic N) is 3. The van der Waals surface area contributed by atoms with E-state index in [9.17, 15) is 0 Å². The fourth-order valence-electron chi connectivity index (χ4n) is 8.27. The fraction of sp³-hybridized carbons (Fsp3) is 0. The Kier molecular flexibility index (Phi) is 6.07. The molecular formula is C52H35N3. The highest BCUT2D eigenvalue weighted by molar-refractivity contribution is 6.12. The summed E-state index contributed by atoms with van der Waals surface area (Å²) in [6.45, 7) is 0. The van der Waals surface area contributed by atoms with Crippen LogP contribution in [0.2, 0.25) is 0 Å². The van der Waals surface area contributed by atoms with Crippen molar-refractivity contribution in [2.75, 3.05) is 9.80 Å². The Hall–Kier alpha value is -7.36. The second kappa shape index (κ2) is 12.6. The Balaban J connectivity index is 1.14. The first-order valence-electron chi connectivity index (χ1n) is 20.9. The summed E-state index contributed by atoms with van der Waals surface area (Å²) in [6.07, 6.45) is 0. The van der Waals surface area contributed by atoms with E-state index in [1.807, 2.05) is 48.5 Å². The molecular weight excluding hydrogens is 667 g/mol. The van der Waals surface area contributed by atoms with E-state index in [-0.39, 0.29) is 29.9 Å². The van der Waals surface area contributed by atoms with Gasteiger partial charge in [0.25, 0.3) is 0 Å². The van der Waals surface area contributed by atoms with Gasteiger partial charge in [0.05, 0.1) is 23.6 Å². The van der Waals surface area contributed by atoms with Gasteiger partial charge in [-0.1, -0.05) is 121 Å². The van der Waals surface area contributed by atoms with E-state index < -0.39 is 6.04 Å². The third-order valence-corrected chi connectivity index (χ3v) is 10.7. The molecule has 258 valence electrons. The Labute approximate surface area is 327 Å². The van der Waals surface area contributed by atoms with Gasteiger partial charge in [-0.2, -0.15) is 0 Å². The average molecular weight is 707 g/mol. The summed E-state index contributed by atoms with van der Waals surface area (Å²) < 4.78 is 45.7. The maximum Gasteiger partial charge on any atom is 0.0645 e. The Bertz CT molecular complexity index is 3250. The van der Waals surface area contributed by atoms with E-state index in [1.54, 1.807) is 4.90 Å². The minimum Gasteiger partial charge on any atom is -0.310 e.